The van der Waals surface area contributed by atoms with Crippen molar-refractivity contribution in [2.75, 3.05) is 19.7 Å². The van der Waals surface area contributed by atoms with Gasteiger partial charge in [0.1, 0.15) is 0 Å². The topological polar surface area (TPSA) is 49.8 Å². The number of alkyl halides is 3. The monoisotopic (exact) mass is 369 g/mol. The molecule has 3 atom stereocenters. The fraction of sp³-hybridized carbons (Fsp3) is 0.500. The predicted octanol–water partition coefficient (Wildman–Crippen LogP) is 3.44. The van der Waals surface area contributed by atoms with Gasteiger partial charge in [0.05, 0.1) is 10.0 Å². The first-order chi connectivity index (χ1) is 10.7. The average molecular weight is 370 g/mol. The number of aliphatic hydroxyl groups excluding tert-OH is 1. The zero-order valence-electron chi connectivity index (χ0n) is 11.6. The van der Waals surface area contributed by atoms with Gasteiger partial charge in [-0.15, -0.1) is 13.2 Å². The van der Waals surface area contributed by atoms with Crippen LogP contribution in [0.25, 0.3) is 0 Å². The van der Waals surface area contributed by atoms with Crippen molar-refractivity contribution in [1.29, 1.82) is 0 Å². The number of nitrogens with zero attached hydrogens (tertiary/aromatic N) is 1. The molecule has 9 heteroatoms. The van der Waals surface area contributed by atoms with E-state index in [4.69, 9.17) is 23.2 Å². The Morgan fingerprint density at radius 2 is 2.09 bits per heavy atom. The van der Waals surface area contributed by atoms with Crippen LogP contribution in [-0.2, 0) is 10.2 Å². The molecular formula is C14H12Cl2F3NO3. The van der Waals surface area contributed by atoms with E-state index in [-0.39, 0.29) is 31.5 Å². The first kappa shape index (κ1) is 16.7. The lowest BCUT2D eigenvalue weighted by Crippen LogP contribution is -2.38. The van der Waals surface area contributed by atoms with Crippen LogP contribution in [0, 0.1) is 11.8 Å². The van der Waals surface area contributed by atoms with E-state index >= 15 is 0 Å². The van der Waals surface area contributed by atoms with Gasteiger partial charge in [-0.2, -0.15) is 0 Å². The van der Waals surface area contributed by atoms with Crippen LogP contribution in [0.4, 0.5) is 18.0 Å². The van der Waals surface area contributed by atoms with E-state index in [0.29, 0.717) is 10.0 Å². The van der Waals surface area contributed by atoms with Crippen LogP contribution in [0.3, 0.4) is 0 Å². The molecule has 0 aromatic heterocycles. The Kier molecular flexibility index (Phi) is 3.93. The highest BCUT2D eigenvalue weighted by Crippen LogP contribution is 2.64. The predicted molar refractivity (Wildman–Crippen MR) is 76.3 cm³/mol. The molecule has 1 aliphatic heterocycles. The number of fused-ring (bicyclic) bond motifs is 1. The first-order valence-electron chi connectivity index (χ1n) is 6.80. The summed E-state index contributed by atoms with van der Waals surface area (Å²) < 4.78 is 40.0. The van der Waals surface area contributed by atoms with Crippen LogP contribution in [0.1, 0.15) is 5.56 Å². The normalized spacial score (nSPS) is 29.4. The zero-order valence-corrected chi connectivity index (χ0v) is 13.1. The van der Waals surface area contributed by atoms with Crippen molar-refractivity contribution < 1.29 is 27.8 Å². The molecule has 1 aromatic carbocycles. The number of carbonyl (C=O) groups is 1. The third kappa shape index (κ3) is 2.75. The number of ether oxygens (including phenoxy) is 1. The highest BCUT2D eigenvalue weighted by molar-refractivity contribution is 6.42. The maximum Gasteiger partial charge on any atom is 0.576 e. The Labute approximate surface area is 139 Å². The molecular weight excluding hydrogens is 358 g/mol. The minimum Gasteiger partial charge on any atom is -0.396 e. The van der Waals surface area contributed by atoms with Crippen molar-refractivity contribution in [3.8, 4) is 0 Å². The van der Waals surface area contributed by atoms with Crippen LogP contribution in [0.5, 0.6) is 0 Å². The summed E-state index contributed by atoms with van der Waals surface area (Å²) in [6, 6.07) is 4.94. The van der Waals surface area contributed by atoms with E-state index in [0.717, 1.165) is 10.5 Å². The Hall–Kier alpha value is -1.18. The number of halogens is 5. The Morgan fingerprint density at radius 1 is 1.39 bits per heavy atom. The van der Waals surface area contributed by atoms with Crippen molar-refractivity contribution in [2.45, 2.75) is 11.8 Å². The van der Waals surface area contributed by atoms with Gasteiger partial charge in [-0.05, 0) is 29.5 Å². The van der Waals surface area contributed by atoms with Crippen molar-refractivity contribution in [2.24, 2.45) is 11.8 Å². The maximum absolute atomic E-state index is 12.2. The molecule has 126 valence electrons. The van der Waals surface area contributed by atoms with Gasteiger partial charge >= 0.3 is 12.5 Å². The van der Waals surface area contributed by atoms with E-state index in [9.17, 15) is 23.1 Å². The van der Waals surface area contributed by atoms with Gasteiger partial charge in [-0.1, -0.05) is 29.3 Å². The van der Waals surface area contributed by atoms with Gasteiger partial charge in [0.2, 0.25) is 0 Å². The SMILES string of the molecule is O=C(OC(F)(F)F)N1C[C@@H]2[C@@H](CO)[C@]2(c2ccc(Cl)c(Cl)c2)C1. The Balaban J connectivity index is 1.83. The van der Waals surface area contributed by atoms with Crippen LogP contribution in [0.2, 0.25) is 10.0 Å². The van der Waals surface area contributed by atoms with Gasteiger partial charge in [-0.3, -0.25) is 0 Å². The number of carbonyl (C=O) groups excluding carboxylic acids is 1. The van der Waals surface area contributed by atoms with Crippen LogP contribution in [-0.4, -0.2) is 42.2 Å². The summed E-state index contributed by atoms with van der Waals surface area (Å²) in [6.45, 7) is 0.0171. The molecule has 23 heavy (non-hydrogen) atoms. The number of likely N-dealkylation sites (tertiary alicyclic amines) is 1. The van der Waals surface area contributed by atoms with Gasteiger partial charge in [0.15, 0.2) is 0 Å². The molecule has 2 aliphatic rings. The fourth-order valence-corrected chi connectivity index (χ4v) is 3.94. The van der Waals surface area contributed by atoms with Crippen molar-refractivity contribution in [1.82, 2.24) is 4.90 Å². The van der Waals surface area contributed by atoms with Crippen molar-refractivity contribution in [3.05, 3.63) is 33.8 Å². The van der Waals surface area contributed by atoms with E-state index in [2.05, 4.69) is 4.74 Å². The molecule has 1 amide bonds. The number of amides is 1. The summed E-state index contributed by atoms with van der Waals surface area (Å²) >= 11 is 11.9. The van der Waals surface area contributed by atoms with Crippen LogP contribution < -0.4 is 0 Å². The average Bonchev–Trinajstić information content (AvgIpc) is 2.87. The van der Waals surface area contributed by atoms with Gasteiger partial charge < -0.3 is 14.7 Å². The smallest absolute Gasteiger partial charge is 0.396 e. The number of hydrogen-bond acceptors (Lipinski definition) is 3. The number of piperidine rings is 1. The molecule has 0 unspecified atom stereocenters. The number of rotatable bonds is 2. The second-order valence-corrected chi connectivity index (χ2v) is 6.57. The molecule has 4 nitrogen and oxygen atoms in total. The largest absolute Gasteiger partial charge is 0.576 e. The van der Waals surface area contributed by atoms with E-state index < -0.39 is 17.9 Å². The summed E-state index contributed by atoms with van der Waals surface area (Å²) in [5.74, 6) is -0.264. The molecule has 1 heterocycles. The number of hydrogen-bond donors (Lipinski definition) is 1. The third-order valence-electron chi connectivity index (χ3n) is 4.68. The molecule has 3 rings (SSSR count). The summed E-state index contributed by atoms with van der Waals surface area (Å²) in [7, 11) is 0. The fourth-order valence-electron chi connectivity index (χ4n) is 3.64. The lowest BCUT2D eigenvalue weighted by atomic mass is 9.93. The summed E-state index contributed by atoms with van der Waals surface area (Å²) in [4.78, 5) is 12.6. The lowest BCUT2D eigenvalue weighted by Gasteiger charge is -2.23. The molecule has 0 spiro atoms. The van der Waals surface area contributed by atoms with Gasteiger partial charge in [0.25, 0.3) is 0 Å². The van der Waals surface area contributed by atoms with E-state index in [1.165, 1.54) is 0 Å². The van der Waals surface area contributed by atoms with Gasteiger partial charge in [-0.25, -0.2) is 4.79 Å². The molecule has 1 aliphatic carbocycles. The van der Waals surface area contributed by atoms with Crippen LogP contribution in [0.15, 0.2) is 18.2 Å². The summed E-state index contributed by atoms with van der Waals surface area (Å²) in [5, 5.41) is 10.2. The molecule has 0 bridgehead atoms. The Bertz CT molecular complexity index is 655. The maximum atomic E-state index is 12.2. The van der Waals surface area contributed by atoms with Crippen LogP contribution >= 0.6 is 23.2 Å². The molecule has 2 fully saturated rings. The summed E-state index contributed by atoms with van der Waals surface area (Å²) in [5.41, 5.74) is 0.145. The molecule has 1 saturated heterocycles. The quantitative estimate of drug-likeness (QED) is 0.868. The molecule has 1 aromatic rings. The Morgan fingerprint density at radius 3 is 2.65 bits per heavy atom. The third-order valence-corrected chi connectivity index (χ3v) is 5.42. The van der Waals surface area contributed by atoms with Crippen molar-refractivity contribution in [3.63, 3.8) is 0 Å². The van der Waals surface area contributed by atoms with Crippen molar-refractivity contribution >= 4 is 29.3 Å². The molecule has 1 N–H and O–H groups in total. The van der Waals surface area contributed by atoms with Gasteiger partial charge in [0, 0.05) is 25.1 Å². The minimum atomic E-state index is -5.02. The highest BCUT2D eigenvalue weighted by atomic mass is 35.5. The standard InChI is InChI=1S/C14H12Cl2F3NO3/c15-10-2-1-7(3-11(10)16)13-6-20(4-8(13)9(13)5-21)12(22)23-14(17,18)19/h1-3,8-9,21H,4-6H2/t8-,9-,13+/m1/s1. The second kappa shape index (κ2) is 5.43. The minimum absolute atomic E-state index is 0.0375. The summed E-state index contributed by atoms with van der Waals surface area (Å²) in [6.07, 6.45) is -6.45. The van der Waals surface area contributed by atoms with E-state index in [1.807, 2.05) is 0 Å². The first-order valence-corrected chi connectivity index (χ1v) is 7.55. The second-order valence-electron chi connectivity index (χ2n) is 5.76. The molecule has 1 saturated carbocycles. The number of benzene rings is 1. The van der Waals surface area contributed by atoms with E-state index in [1.54, 1.807) is 18.2 Å². The number of aliphatic hydroxyl groups is 1. The lowest BCUT2D eigenvalue weighted by molar-refractivity contribution is -0.294. The highest BCUT2D eigenvalue weighted by Gasteiger charge is 2.70. The molecule has 0 radical (unpaired) electrons. The zero-order chi connectivity index (χ0) is 17.0.